The number of thiazole rings is 1. The Morgan fingerprint density at radius 1 is 1.29 bits per heavy atom. The second-order valence-electron chi connectivity index (χ2n) is 5.86. The van der Waals surface area contributed by atoms with Crippen LogP contribution >= 0.6 is 11.3 Å². The number of nitrogens with zero attached hydrogens (tertiary/aromatic N) is 3. The fraction of sp³-hybridized carbons (Fsp3) is 0.733. The molecule has 0 bridgehead atoms. The fourth-order valence-corrected chi connectivity index (χ4v) is 3.65. The van der Waals surface area contributed by atoms with E-state index in [0.29, 0.717) is 5.92 Å². The van der Waals surface area contributed by atoms with Crippen LogP contribution in [0.4, 0.5) is 0 Å². The lowest BCUT2D eigenvalue weighted by atomic mass is 10.2. The van der Waals surface area contributed by atoms with Crippen LogP contribution in [0, 0.1) is 0 Å². The zero-order valence-corrected chi connectivity index (χ0v) is 13.9. The Bertz CT molecular complexity index is 479. The Morgan fingerprint density at radius 2 is 1.90 bits per heavy atom. The summed E-state index contributed by atoms with van der Waals surface area (Å²) in [5.41, 5.74) is 0.758. The van der Waals surface area contributed by atoms with Gasteiger partial charge in [-0.25, -0.2) is 4.98 Å². The van der Waals surface area contributed by atoms with Crippen LogP contribution in [0.1, 0.15) is 42.3 Å². The second-order valence-corrected chi connectivity index (χ2v) is 6.97. The Morgan fingerprint density at radius 3 is 2.43 bits per heavy atom. The molecule has 1 aliphatic heterocycles. The molecule has 118 valence electrons. The van der Waals surface area contributed by atoms with E-state index >= 15 is 0 Å². The normalized spacial score (nSPS) is 17.5. The second kappa shape index (κ2) is 7.33. The van der Waals surface area contributed by atoms with Crippen molar-refractivity contribution >= 4 is 17.3 Å². The van der Waals surface area contributed by atoms with Crippen molar-refractivity contribution in [3.05, 3.63) is 15.6 Å². The van der Waals surface area contributed by atoms with E-state index in [4.69, 9.17) is 5.11 Å². The van der Waals surface area contributed by atoms with Crippen LogP contribution in [0.2, 0.25) is 0 Å². The predicted molar refractivity (Wildman–Crippen MR) is 84.9 cm³/mol. The van der Waals surface area contributed by atoms with Crippen molar-refractivity contribution in [2.24, 2.45) is 0 Å². The Kier molecular flexibility index (Phi) is 5.72. The summed E-state index contributed by atoms with van der Waals surface area (Å²) in [4.78, 5) is 21.6. The van der Waals surface area contributed by atoms with Crippen LogP contribution in [0.15, 0.2) is 0 Å². The van der Waals surface area contributed by atoms with Crippen LogP contribution in [0.25, 0.3) is 0 Å². The number of aromatic nitrogens is 1. The molecular formula is C15H25N3O2S. The fourth-order valence-electron chi connectivity index (χ4n) is 2.52. The molecular weight excluding hydrogens is 286 g/mol. The lowest BCUT2D eigenvalue weighted by Gasteiger charge is -2.33. The summed E-state index contributed by atoms with van der Waals surface area (Å²) >= 11 is 1.68. The highest BCUT2D eigenvalue weighted by molar-refractivity contribution is 7.11. The highest BCUT2D eigenvalue weighted by Crippen LogP contribution is 2.27. The maximum absolute atomic E-state index is 11.0. The maximum atomic E-state index is 11.0. The van der Waals surface area contributed by atoms with Gasteiger partial charge >= 0.3 is 5.97 Å². The number of piperazine rings is 1. The van der Waals surface area contributed by atoms with E-state index in [0.717, 1.165) is 54.8 Å². The molecule has 6 heteroatoms. The Labute approximate surface area is 130 Å². The number of carboxylic acids is 1. The first kappa shape index (κ1) is 16.4. The Hall–Kier alpha value is -0.980. The van der Waals surface area contributed by atoms with E-state index in [1.807, 2.05) is 0 Å². The van der Waals surface area contributed by atoms with Crippen molar-refractivity contribution < 1.29 is 9.90 Å². The highest BCUT2D eigenvalue weighted by Gasteiger charge is 2.21. The van der Waals surface area contributed by atoms with Crippen molar-refractivity contribution in [1.29, 1.82) is 0 Å². The van der Waals surface area contributed by atoms with Gasteiger partial charge in [0.2, 0.25) is 0 Å². The van der Waals surface area contributed by atoms with Gasteiger partial charge in [-0.05, 0) is 6.54 Å². The molecule has 1 aromatic heterocycles. The summed E-state index contributed by atoms with van der Waals surface area (Å²) in [7, 11) is 0. The molecule has 2 rings (SSSR count). The van der Waals surface area contributed by atoms with Gasteiger partial charge in [0.25, 0.3) is 0 Å². The topological polar surface area (TPSA) is 56.7 Å². The van der Waals surface area contributed by atoms with Crippen molar-refractivity contribution in [3.8, 4) is 0 Å². The molecule has 0 radical (unpaired) electrons. The number of aliphatic carboxylic acids is 1. The molecule has 1 saturated heterocycles. The van der Waals surface area contributed by atoms with Crippen LogP contribution in [-0.2, 0) is 17.8 Å². The minimum Gasteiger partial charge on any atom is -0.481 e. The molecule has 1 aromatic rings. The van der Waals surface area contributed by atoms with Gasteiger partial charge in [-0.15, -0.1) is 11.3 Å². The molecule has 0 aliphatic carbocycles. The van der Waals surface area contributed by atoms with E-state index in [-0.39, 0.29) is 6.42 Å². The number of hydrogen-bond acceptors (Lipinski definition) is 5. The third kappa shape index (κ3) is 4.49. The molecule has 0 aromatic carbocycles. The zero-order valence-electron chi connectivity index (χ0n) is 13.1. The van der Waals surface area contributed by atoms with Crippen molar-refractivity contribution in [1.82, 2.24) is 14.8 Å². The van der Waals surface area contributed by atoms with Crippen LogP contribution in [-0.4, -0.2) is 58.6 Å². The quantitative estimate of drug-likeness (QED) is 0.871. The minimum absolute atomic E-state index is 0.0352. The average Bonchev–Trinajstić information content (AvgIpc) is 2.82. The summed E-state index contributed by atoms with van der Waals surface area (Å²) in [6, 6.07) is 0. The molecule has 0 saturated carbocycles. The molecule has 5 nitrogen and oxygen atoms in total. The third-order valence-corrected chi connectivity index (χ3v) is 5.27. The lowest BCUT2D eigenvalue weighted by molar-refractivity contribution is -0.136. The molecule has 1 fully saturated rings. The SMILES string of the molecule is CCN1CCN(Cc2sc(C(C)C)nc2CC(=O)O)CC1. The number of carboxylic acid groups (broad SMARTS) is 1. The summed E-state index contributed by atoms with van der Waals surface area (Å²) in [5.74, 6) is -0.444. The molecule has 0 amide bonds. The van der Waals surface area contributed by atoms with Crippen molar-refractivity contribution in [2.75, 3.05) is 32.7 Å². The van der Waals surface area contributed by atoms with E-state index < -0.39 is 5.97 Å². The number of hydrogen-bond donors (Lipinski definition) is 1. The molecule has 1 N–H and O–H groups in total. The molecule has 1 aliphatic rings. The average molecular weight is 311 g/mol. The maximum Gasteiger partial charge on any atom is 0.309 e. The van der Waals surface area contributed by atoms with Crippen LogP contribution in [0.3, 0.4) is 0 Å². The van der Waals surface area contributed by atoms with E-state index in [2.05, 4.69) is 35.6 Å². The molecule has 0 spiro atoms. The standard InChI is InChI=1S/C15H25N3O2S/c1-4-17-5-7-18(8-6-17)10-13-12(9-14(19)20)16-15(21-13)11(2)3/h11H,4-10H2,1-3H3,(H,19,20). The number of carbonyl (C=O) groups is 1. The Balaban J connectivity index is 2.05. The van der Waals surface area contributed by atoms with Gasteiger partial charge in [-0.2, -0.15) is 0 Å². The van der Waals surface area contributed by atoms with Crippen molar-refractivity contribution in [2.45, 2.75) is 39.7 Å². The summed E-state index contributed by atoms with van der Waals surface area (Å²) in [5, 5.41) is 10.1. The zero-order chi connectivity index (χ0) is 15.4. The van der Waals surface area contributed by atoms with Crippen LogP contribution < -0.4 is 0 Å². The van der Waals surface area contributed by atoms with E-state index in [1.165, 1.54) is 0 Å². The molecule has 0 unspecified atom stereocenters. The van der Waals surface area contributed by atoms with Crippen molar-refractivity contribution in [3.63, 3.8) is 0 Å². The van der Waals surface area contributed by atoms with Gasteiger partial charge in [0, 0.05) is 43.5 Å². The lowest BCUT2D eigenvalue weighted by Crippen LogP contribution is -2.45. The predicted octanol–water partition coefficient (Wildman–Crippen LogP) is 2.03. The number of rotatable bonds is 6. The minimum atomic E-state index is -0.798. The largest absolute Gasteiger partial charge is 0.481 e. The number of likely N-dealkylation sites (N-methyl/N-ethyl adjacent to an activating group) is 1. The van der Waals surface area contributed by atoms with Gasteiger partial charge in [0.1, 0.15) is 0 Å². The molecule has 2 heterocycles. The van der Waals surface area contributed by atoms with Gasteiger partial charge in [-0.1, -0.05) is 20.8 Å². The first-order valence-electron chi connectivity index (χ1n) is 7.64. The molecule has 21 heavy (non-hydrogen) atoms. The first-order chi connectivity index (χ1) is 9.99. The highest BCUT2D eigenvalue weighted by atomic mass is 32.1. The van der Waals surface area contributed by atoms with E-state index in [1.54, 1.807) is 11.3 Å². The van der Waals surface area contributed by atoms with Gasteiger partial charge in [0.15, 0.2) is 0 Å². The summed E-state index contributed by atoms with van der Waals surface area (Å²) in [6.07, 6.45) is 0.0352. The monoisotopic (exact) mass is 311 g/mol. The first-order valence-corrected chi connectivity index (χ1v) is 8.46. The van der Waals surface area contributed by atoms with Gasteiger partial charge in [0.05, 0.1) is 17.1 Å². The summed E-state index contributed by atoms with van der Waals surface area (Å²) < 4.78 is 0. The van der Waals surface area contributed by atoms with Gasteiger partial charge < -0.3 is 10.0 Å². The smallest absolute Gasteiger partial charge is 0.309 e. The molecule has 0 atom stereocenters. The van der Waals surface area contributed by atoms with E-state index in [9.17, 15) is 4.79 Å². The van der Waals surface area contributed by atoms with Gasteiger partial charge in [-0.3, -0.25) is 9.69 Å². The van der Waals surface area contributed by atoms with Crippen LogP contribution in [0.5, 0.6) is 0 Å². The third-order valence-electron chi connectivity index (χ3n) is 3.89. The summed E-state index contributed by atoms with van der Waals surface area (Å²) in [6.45, 7) is 12.6.